The van der Waals surface area contributed by atoms with Crippen molar-refractivity contribution in [2.45, 2.75) is 0 Å². The average Bonchev–Trinajstić information content (AvgIpc) is 2.10. The summed E-state index contributed by atoms with van der Waals surface area (Å²) in [5.41, 5.74) is 4.47. The van der Waals surface area contributed by atoms with Gasteiger partial charge in [0.1, 0.15) is 0 Å². The Bertz CT molecular complexity index is 394. The van der Waals surface area contributed by atoms with Crippen LogP contribution in [0.2, 0.25) is 0 Å². The van der Waals surface area contributed by atoms with Crippen LogP contribution >= 0.6 is 0 Å². The van der Waals surface area contributed by atoms with Crippen LogP contribution in [0.4, 0.5) is 22.4 Å². The highest BCUT2D eigenvalue weighted by molar-refractivity contribution is 5.68. The van der Waals surface area contributed by atoms with Crippen molar-refractivity contribution in [1.29, 1.82) is 0 Å². The molecule has 0 atom stereocenters. The number of ether oxygens (including phenoxy) is 1. The molecule has 2 N–H and O–H groups in total. The first-order valence-electron chi connectivity index (χ1n) is 3.23. The molecule has 14 heavy (non-hydrogen) atoms. The van der Waals surface area contributed by atoms with E-state index < -0.39 is 35.1 Å². The Morgan fingerprint density at radius 3 is 2.21 bits per heavy atom. The van der Waals surface area contributed by atoms with Gasteiger partial charge in [0.25, 0.3) is 0 Å². The minimum atomic E-state index is -2.07. The third-order valence-corrected chi connectivity index (χ3v) is 1.28. The summed E-state index contributed by atoms with van der Waals surface area (Å²) in [5.74, 6) is -8.66. The molecular formula is C7H3F4NO2. The van der Waals surface area contributed by atoms with Crippen molar-refractivity contribution >= 4 is 6.09 Å². The quantitative estimate of drug-likeness (QED) is 0.434. The second-order valence-corrected chi connectivity index (χ2v) is 2.22. The van der Waals surface area contributed by atoms with Gasteiger partial charge in [0, 0.05) is 6.07 Å². The van der Waals surface area contributed by atoms with Crippen LogP contribution in [0.15, 0.2) is 6.07 Å². The fourth-order valence-corrected chi connectivity index (χ4v) is 0.734. The summed E-state index contributed by atoms with van der Waals surface area (Å²) in [7, 11) is 0. The zero-order valence-electron chi connectivity index (χ0n) is 6.48. The number of hydrogen-bond acceptors (Lipinski definition) is 2. The van der Waals surface area contributed by atoms with E-state index in [1.807, 2.05) is 0 Å². The summed E-state index contributed by atoms with van der Waals surface area (Å²) in [5, 5.41) is 0. The maximum Gasteiger partial charge on any atom is 0.410 e. The van der Waals surface area contributed by atoms with Crippen LogP contribution < -0.4 is 10.5 Å². The van der Waals surface area contributed by atoms with Crippen molar-refractivity contribution in [1.82, 2.24) is 0 Å². The van der Waals surface area contributed by atoms with Crippen LogP contribution in [0, 0.1) is 23.3 Å². The van der Waals surface area contributed by atoms with Gasteiger partial charge in [-0.1, -0.05) is 0 Å². The van der Waals surface area contributed by atoms with Crippen LogP contribution in [0.3, 0.4) is 0 Å². The molecule has 1 rings (SSSR count). The van der Waals surface area contributed by atoms with E-state index in [0.717, 1.165) is 0 Å². The Kier molecular flexibility index (Phi) is 2.59. The number of hydrogen-bond donors (Lipinski definition) is 1. The fraction of sp³-hybridized carbons (Fsp3) is 0. The number of nitrogens with two attached hydrogens (primary N) is 1. The Hall–Kier alpha value is -1.79. The smallest absolute Gasteiger partial charge is 0.407 e. The standard InChI is InChI=1S/C7H3F4NO2/c8-2-1-3(14-7(12)13)5(10)6(11)4(2)9/h1H,(H2,12,13). The largest absolute Gasteiger partial charge is 0.410 e. The molecule has 0 radical (unpaired) electrons. The SMILES string of the molecule is NC(=O)Oc1cc(F)c(F)c(F)c1F. The first-order valence-corrected chi connectivity index (χ1v) is 3.23. The molecule has 0 saturated heterocycles. The number of rotatable bonds is 1. The molecule has 0 aliphatic carbocycles. The van der Waals surface area contributed by atoms with E-state index in [2.05, 4.69) is 10.5 Å². The number of benzene rings is 1. The molecule has 7 heteroatoms. The minimum Gasteiger partial charge on any atom is -0.407 e. The lowest BCUT2D eigenvalue weighted by molar-refractivity contribution is 0.207. The normalized spacial score (nSPS) is 10.0. The van der Waals surface area contributed by atoms with Crippen molar-refractivity contribution < 1.29 is 27.1 Å². The molecule has 0 aliphatic rings. The van der Waals surface area contributed by atoms with E-state index in [0.29, 0.717) is 0 Å². The highest BCUT2D eigenvalue weighted by Gasteiger charge is 2.20. The van der Waals surface area contributed by atoms with Gasteiger partial charge in [0.05, 0.1) is 0 Å². The Labute approximate surface area is 75.1 Å². The molecule has 3 nitrogen and oxygen atoms in total. The zero-order valence-corrected chi connectivity index (χ0v) is 6.48. The van der Waals surface area contributed by atoms with E-state index in [1.165, 1.54) is 0 Å². The van der Waals surface area contributed by atoms with Gasteiger partial charge in [-0.2, -0.15) is 4.39 Å². The van der Waals surface area contributed by atoms with E-state index in [4.69, 9.17) is 0 Å². The van der Waals surface area contributed by atoms with Crippen LogP contribution in [-0.4, -0.2) is 6.09 Å². The molecule has 1 amide bonds. The first kappa shape index (κ1) is 10.3. The van der Waals surface area contributed by atoms with Crippen molar-refractivity contribution in [3.05, 3.63) is 29.3 Å². The molecule has 0 bridgehead atoms. The van der Waals surface area contributed by atoms with Gasteiger partial charge >= 0.3 is 6.09 Å². The molecule has 0 fully saturated rings. The van der Waals surface area contributed by atoms with Crippen LogP contribution in [0.25, 0.3) is 0 Å². The fourth-order valence-electron chi connectivity index (χ4n) is 0.734. The summed E-state index contributed by atoms with van der Waals surface area (Å²) in [6, 6.07) is 0.179. The Balaban J connectivity index is 3.25. The summed E-state index contributed by atoms with van der Waals surface area (Å²) in [6.07, 6.45) is -1.46. The molecule has 0 spiro atoms. The van der Waals surface area contributed by atoms with Gasteiger partial charge < -0.3 is 10.5 Å². The Morgan fingerprint density at radius 2 is 1.71 bits per heavy atom. The molecule has 0 unspecified atom stereocenters. The van der Waals surface area contributed by atoms with E-state index in [1.54, 1.807) is 0 Å². The van der Waals surface area contributed by atoms with Crippen molar-refractivity contribution in [2.75, 3.05) is 0 Å². The zero-order chi connectivity index (χ0) is 10.9. The highest BCUT2D eigenvalue weighted by Crippen LogP contribution is 2.24. The third-order valence-electron chi connectivity index (χ3n) is 1.28. The van der Waals surface area contributed by atoms with Gasteiger partial charge in [-0.15, -0.1) is 0 Å². The average molecular weight is 209 g/mol. The summed E-state index contributed by atoms with van der Waals surface area (Å²) in [6.45, 7) is 0. The van der Waals surface area contributed by atoms with E-state index in [9.17, 15) is 22.4 Å². The monoisotopic (exact) mass is 209 g/mol. The first-order chi connectivity index (χ1) is 6.43. The van der Waals surface area contributed by atoms with Gasteiger partial charge in [0.2, 0.25) is 11.6 Å². The van der Waals surface area contributed by atoms with Crippen LogP contribution in [0.5, 0.6) is 5.75 Å². The third kappa shape index (κ3) is 1.76. The Morgan fingerprint density at radius 1 is 1.14 bits per heavy atom. The van der Waals surface area contributed by atoms with Crippen molar-refractivity contribution in [2.24, 2.45) is 5.73 Å². The molecule has 1 aromatic rings. The number of carbonyl (C=O) groups is 1. The summed E-state index contributed by atoms with van der Waals surface area (Å²) >= 11 is 0. The maximum atomic E-state index is 12.7. The predicted molar refractivity (Wildman–Crippen MR) is 36.5 cm³/mol. The molecule has 76 valence electrons. The lowest BCUT2D eigenvalue weighted by atomic mass is 10.3. The number of primary amides is 1. The second kappa shape index (κ2) is 3.52. The van der Waals surface area contributed by atoms with E-state index >= 15 is 0 Å². The number of amides is 1. The van der Waals surface area contributed by atoms with Gasteiger partial charge in [-0.25, -0.2) is 18.0 Å². The number of halogens is 4. The van der Waals surface area contributed by atoms with Crippen molar-refractivity contribution in [3.63, 3.8) is 0 Å². The predicted octanol–water partition coefficient (Wildman–Crippen LogP) is 1.70. The summed E-state index contributed by atoms with van der Waals surface area (Å²) < 4.78 is 53.9. The van der Waals surface area contributed by atoms with Crippen LogP contribution in [-0.2, 0) is 0 Å². The maximum absolute atomic E-state index is 12.7. The lowest BCUT2D eigenvalue weighted by Gasteiger charge is -2.03. The lowest BCUT2D eigenvalue weighted by Crippen LogP contribution is -2.17. The molecule has 0 aromatic heterocycles. The molecular weight excluding hydrogens is 206 g/mol. The second-order valence-electron chi connectivity index (χ2n) is 2.22. The van der Waals surface area contributed by atoms with Gasteiger partial charge in [0.15, 0.2) is 17.4 Å². The van der Waals surface area contributed by atoms with Crippen molar-refractivity contribution in [3.8, 4) is 5.75 Å². The molecule has 0 saturated carbocycles. The molecule has 0 aliphatic heterocycles. The van der Waals surface area contributed by atoms with E-state index in [-0.39, 0.29) is 6.07 Å². The van der Waals surface area contributed by atoms with Gasteiger partial charge in [-0.3, -0.25) is 0 Å². The topological polar surface area (TPSA) is 52.3 Å². The molecule has 0 heterocycles. The minimum absolute atomic E-state index is 0.179. The molecule has 1 aromatic carbocycles. The van der Waals surface area contributed by atoms with Gasteiger partial charge in [-0.05, 0) is 0 Å². The summed E-state index contributed by atoms with van der Waals surface area (Å²) in [4.78, 5) is 10.1. The van der Waals surface area contributed by atoms with Crippen LogP contribution in [0.1, 0.15) is 0 Å². The number of carbonyl (C=O) groups excluding carboxylic acids is 1. The highest BCUT2D eigenvalue weighted by atomic mass is 19.2.